The number of anilines is 2. The summed E-state index contributed by atoms with van der Waals surface area (Å²) in [5.74, 6) is 2.04. The minimum absolute atomic E-state index is 0.104. The molecule has 1 saturated carbocycles. The lowest BCUT2D eigenvalue weighted by atomic mass is 10.1. The van der Waals surface area contributed by atoms with E-state index in [0.29, 0.717) is 11.9 Å². The van der Waals surface area contributed by atoms with E-state index in [1.807, 2.05) is 0 Å². The molecular formula is C12H16N4O2. The van der Waals surface area contributed by atoms with Gasteiger partial charge in [0.25, 0.3) is 5.69 Å². The second-order valence-electron chi connectivity index (χ2n) is 5.06. The predicted octanol–water partition coefficient (Wildman–Crippen LogP) is 2.02. The van der Waals surface area contributed by atoms with Crippen LogP contribution in [0.15, 0.2) is 12.1 Å². The summed E-state index contributed by atoms with van der Waals surface area (Å²) >= 11 is 0. The average molecular weight is 248 g/mol. The number of hydrogen-bond acceptors (Lipinski definition) is 5. The molecule has 1 aromatic heterocycles. The van der Waals surface area contributed by atoms with Crippen LogP contribution in [0.5, 0.6) is 0 Å². The number of hydrogen-bond donors (Lipinski definition) is 1. The number of fused-ring (bicyclic) bond motifs is 2. The largest absolute Gasteiger partial charge is 0.373 e. The van der Waals surface area contributed by atoms with Crippen LogP contribution in [0.3, 0.4) is 0 Å². The smallest absolute Gasteiger partial charge is 0.276 e. The fourth-order valence-corrected chi connectivity index (χ4v) is 3.09. The van der Waals surface area contributed by atoms with Crippen LogP contribution >= 0.6 is 0 Å². The zero-order valence-electron chi connectivity index (χ0n) is 10.3. The number of piperidine rings is 1. The second-order valence-corrected chi connectivity index (χ2v) is 5.06. The van der Waals surface area contributed by atoms with E-state index in [1.165, 1.54) is 25.3 Å². The third-order valence-corrected chi connectivity index (χ3v) is 3.97. The Balaban J connectivity index is 1.96. The van der Waals surface area contributed by atoms with E-state index < -0.39 is 0 Å². The van der Waals surface area contributed by atoms with Crippen molar-refractivity contribution in [3.8, 4) is 0 Å². The first-order chi connectivity index (χ1) is 8.67. The van der Waals surface area contributed by atoms with E-state index in [2.05, 4.69) is 15.2 Å². The van der Waals surface area contributed by atoms with Gasteiger partial charge < -0.3 is 10.2 Å². The minimum atomic E-state index is -0.361. The van der Waals surface area contributed by atoms with Gasteiger partial charge in [0.05, 0.1) is 17.1 Å². The van der Waals surface area contributed by atoms with E-state index in [4.69, 9.17) is 0 Å². The SMILES string of the molecule is CNc1cc([N+](=O)[O-])cc(N2CC3CCC2C3)n1. The molecule has 2 bridgehead atoms. The van der Waals surface area contributed by atoms with Gasteiger partial charge >= 0.3 is 0 Å². The summed E-state index contributed by atoms with van der Waals surface area (Å²) in [6.45, 7) is 0.988. The van der Waals surface area contributed by atoms with Gasteiger partial charge in [-0.2, -0.15) is 0 Å². The van der Waals surface area contributed by atoms with E-state index in [1.54, 1.807) is 13.1 Å². The molecule has 2 aliphatic rings. The van der Waals surface area contributed by atoms with Crippen molar-refractivity contribution >= 4 is 17.3 Å². The maximum Gasteiger partial charge on any atom is 0.276 e. The van der Waals surface area contributed by atoms with E-state index in [-0.39, 0.29) is 10.6 Å². The van der Waals surface area contributed by atoms with Gasteiger partial charge in [-0.3, -0.25) is 10.1 Å². The zero-order valence-corrected chi connectivity index (χ0v) is 10.3. The highest BCUT2D eigenvalue weighted by atomic mass is 16.6. The topological polar surface area (TPSA) is 71.3 Å². The van der Waals surface area contributed by atoms with E-state index in [9.17, 15) is 10.1 Å². The van der Waals surface area contributed by atoms with E-state index >= 15 is 0 Å². The van der Waals surface area contributed by atoms with Crippen LogP contribution < -0.4 is 10.2 Å². The molecule has 18 heavy (non-hydrogen) atoms. The van der Waals surface area contributed by atoms with Crippen molar-refractivity contribution in [3.63, 3.8) is 0 Å². The number of nitrogens with zero attached hydrogens (tertiary/aromatic N) is 3. The molecule has 2 fully saturated rings. The molecule has 2 atom stereocenters. The molecule has 6 nitrogen and oxygen atoms in total. The lowest BCUT2D eigenvalue weighted by Gasteiger charge is -2.28. The summed E-state index contributed by atoms with van der Waals surface area (Å²) in [5.41, 5.74) is 0.104. The van der Waals surface area contributed by atoms with Crippen molar-refractivity contribution in [3.05, 3.63) is 22.2 Å². The number of pyridine rings is 1. The van der Waals surface area contributed by atoms with Crippen molar-refractivity contribution < 1.29 is 4.92 Å². The van der Waals surface area contributed by atoms with Crippen LogP contribution in [-0.2, 0) is 0 Å². The summed E-state index contributed by atoms with van der Waals surface area (Å²) in [4.78, 5) is 17.2. The Hall–Kier alpha value is -1.85. The highest BCUT2D eigenvalue weighted by molar-refractivity contribution is 5.57. The summed E-state index contributed by atoms with van der Waals surface area (Å²) in [5, 5.41) is 13.8. The Bertz CT molecular complexity index is 491. The van der Waals surface area contributed by atoms with Gasteiger partial charge in [0, 0.05) is 19.6 Å². The molecule has 3 rings (SSSR count). The summed E-state index contributed by atoms with van der Waals surface area (Å²) < 4.78 is 0. The standard InChI is InChI=1S/C12H16N4O2/c1-13-11-5-10(16(17)18)6-12(14-11)15-7-8-2-3-9(15)4-8/h5-6,8-9H,2-4,7H2,1H3,(H,13,14). The van der Waals surface area contributed by atoms with Gasteiger partial charge in [-0.25, -0.2) is 4.98 Å². The van der Waals surface area contributed by atoms with Gasteiger partial charge in [-0.1, -0.05) is 0 Å². The van der Waals surface area contributed by atoms with Gasteiger partial charge in [0.1, 0.15) is 11.6 Å². The van der Waals surface area contributed by atoms with Crippen molar-refractivity contribution in [2.24, 2.45) is 5.92 Å². The molecule has 1 N–H and O–H groups in total. The fraction of sp³-hybridized carbons (Fsp3) is 0.583. The Morgan fingerprint density at radius 2 is 2.33 bits per heavy atom. The number of nitrogens with one attached hydrogen (secondary N) is 1. The van der Waals surface area contributed by atoms with Crippen LogP contribution in [0, 0.1) is 16.0 Å². The lowest BCUT2D eigenvalue weighted by Crippen LogP contribution is -2.32. The monoisotopic (exact) mass is 248 g/mol. The first-order valence-electron chi connectivity index (χ1n) is 6.28. The normalized spacial score (nSPS) is 25.5. The highest BCUT2D eigenvalue weighted by Crippen LogP contribution is 2.40. The Kier molecular flexibility index (Phi) is 2.57. The van der Waals surface area contributed by atoms with Crippen LogP contribution in [0.25, 0.3) is 0 Å². The molecule has 0 spiro atoms. The maximum atomic E-state index is 10.9. The Morgan fingerprint density at radius 3 is 2.89 bits per heavy atom. The molecule has 0 radical (unpaired) electrons. The van der Waals surface area contributed by atoms with E-state index in [0.717, 1.165) is 18.3 Å². The number of rotatable bonds is 3. The predicted molar refractivity (Wildman–Crippen MR) is 68.9 cm³/mol. The summed E-state index contributed by atoms with van der Waals surface area (Å²) in [6, 6.07) is 3.58. The Morgan fingerprint density at radius 1 is 1.50 bits per heavy atom. The molecule has 0 aromatic carbocycles. The number of aromatic nitrogens is 1. The average Bonchev–Trinajstić information content (AvgIpc) is 3.00. The summed E-state index contributed by atoms with van der Waals surface area (Å²) in [7, 11) is 1.73. The third kappa shape index (κ3) is 1.77. The molecule has 1 aromatic rings. The zero-order chi connectivity index (χ0) is 12.7. The molecule has 1 saturated heterocycles. The van der Waals surface area contributed by atoms with Gasteiger partial charge in [-0.05, 0) is 25.2 Å². The van der Waals surface area contributed by atoms with Crippen molar-refractivity contribution in [1.29, 1.82) is 0 Å². The molecule has 2 unspecified atom stereocenters. The van der Waals surface area contributed by atoms with Crippen LogP contribution in [0.1, 0.15) is 19.3 Å². The van der Waals surface area contributed by atoms with Crippen molar-refractivity contribution in [1.82, 2.24) is 4.98 Å². The molecule has 1 aliphatic carbocycles. The highest BCUT2D eigenvalue weighted by Gasteiger charge is 2.38. The van der Waals surface area contributed by atoms with Gasteiger partial charge in [0.2, 0.25) is 0 Å². The van der Waals surface area contributed by atoms with Crippen LogP contribution in [0.2, 0.25) is 0 Å². The maximum absolute atomic E-state index is 10.9. The van der Waals surface area contributed by atoms with Crippen LogP contribution in [0.4, 0.5) is 17.3 Å². The van der Waals surface area contributed by atoms with Gasteiger partial charge in [-0.15, -0.1) is 0 Å². The van der Waals surface area contributed by atoms with Crippen molar-refractivity contribution in [2.75, 3.05) is 23.8 Å². The molecular weight excluding hydrogens is 232 g/mol. The van der Waals surface area contributed by atoms with Gasteiger partial charge in [0.15, 0.2) is 0 Å². The molecule has 1 aliphatic heterocycles. The minimum Gasteiger partial charge on any atom is -0.373 e. The van der Waals surface area contributed by atoms with Crippen LogP contribution in [-0.4, -0.2) is 29.5 Å². The first-order valence-corrected chi connectivity index (χ1v) is 6.28. The molecule has 0 amide bonds. The molecule has 2 heterocycles. The first kappa shape index (κ1) is 11.3. The Labute approximate surface area is 105 Å². The lowest BCUT2D eigenvalue weighted by molar-refractivity contribution is -0.384. The fourth-order valence-electron chi connectivity index (χ4n) is 3.09. The van der Waals surface area contributed by atoms with Crippen molar-refractivity contribution in [2.45, 2.75) is 25.3 Å². The quantitative estimate of drug-likeness (QED) is 0.654. The summed E-state index contributed by atoms with van der Waals surface area (Å²) in [6.07, 6.45) is 3.68. The molecule has 6 heteroatoms. The number of nitro groups is 1. The second kappa shape index (κ2) is 4.12. The third-order valence-electron chi connectivity index (χ3n) is 3.97. The molecule has 96 valence electrons.